The van der Waals surface area contributed by atoms with Crippen LogP contribution in [0, 0.1) is 6.92 Å². The minimum absolute atomic E-state index is 0. The zero-order valence-corrected chi connectivity index (χ0v) is 26.7. The van der Waals surface area contributed by atoms with Crippen LogP contribution in [0.3, 0.4) is 0 Å². The van der Waals surface area contributed by atoms with Crippen molar-refractivity contribution in [1.82, 2.24) is 10.2 Å². The van der Waals surface area contributed by atoms with Gasteiger partial charge in [-0.2, -0.15) is 0 Å². The van der Waals surface area contributed by atoms with E-state index in [0.717, 1.165) is 29.7 Å². The van der Waals surface area contributed by atoms with Gasteiger partial charge in [0.15, 0.2) is 5.76 Å². The summed E-state index contributed by atoms with van der Waals surface area (Å²) < 4.78 is 6.18. The number of hydrogen-bond donors (Lipinski definition) is 1. The molecule has 1 N–H and O–H groups in total. The first-order valence-corrected chi connectivity index (χ1v) is 16.0. The Hall–Kier alpha value is -4.12. The molecule has 236 valence electrons. The number of carbonyl (C=O) groups is 2. The molecule has 1 atom stereocenters. The van der Waals surface area contributed by atoms with E-state index in [1.807, 2.05) is 66.7 Å². The second-order valence-electron chi connectivity index (χ2n) is 14.0. The Kier molecular flexibility index (Phi) is 9.11. The van der Waals surface area contributed by atoms with Crippen LogP contribution in [0.4, 0.5) is 0 Å². The first-order valence-electron chi connectivity index (χ1n) is 16.0. The van der Waals surface area contributed by atoms with Gasteiger partial charge in [0, 0.05) is 13.0 Å². The van der Waals surface area contributed by atoms with Gasteiger partial charge < -0.3 is 14.6 Å². The number of carbonyl (C=O) groups excluding carboxylic acids is 2. The first kappa shape index (κ1) is 32.3. The van der Waals surface area contributed by atoms with Crippen molar-refractivity contribution in [3.8, 4) is 0 Å². The molecule has 1 fully saturated rings. The maximum absolute atomic E-state index is 13.7. The lowest BCUT2D eigenvalue weighted by Gasteiger charge is -2.42. The van der Waals surface area contributed by atoms with Gasteiger partial charge in [-0.15, -0.1) is 0 Å². The van der Waals surface area contributed by atoms with Gasteiger partial charge in [0.2, 0.25) is 5.91 Å². The van der Waals surface area contributed by atoms with E-state index >= 15 is 0 Å². The Bertz CT molecular complexity index is 1610. The maximum atomic E-state index is 13.7. The minimum Gasteiger partial charge on any atom is -0.456 e. The Labute approximate surface area is 269 Å². The van der Waals surface area contributed by atoms with Gasteiger partial charge in [-0.05, 0) is 89.0 Å². The largest absolute Gasteiger partial charge is 0.456 e. The standard InChI is InChI=1S/C39H44N2O3.CH4/c1-26-23-31-32(39(4,5)21-20-38(31,2)3)25-29(26)24-30-18-19-34(44-30)37(43)41-22-12-17-33(41)36(42)40-35(27-13-8-6-9-14-27)28-15-10-7-11-16-28;/h6-11,13-16,18-19,23,25,33,35H,12,17,20-22,24H2,1-5H3,(H,40,42);1H4. The van der Waals surface area contributed by atoms with Crippen LogP contribution in [-0.2, 0) is 22.0 Å². The Morgan fingerprint density at radius 3 is 2.04 bits per heavy atom. The molecule has 5 nitrogen and oxygen atoms in total. The molecule has 0 spiro atoms. The summed E-state index contributed by atoms with van der Waals surface area (Å²) in [7, 11) is 0. The summed E-state index contributed by atoms with van der Waals surface area (Å²) in [5, 5.41) is 3.25. The molecule has 0 bridgehead atoms. The molecule has 2 aliphatic rings. The van der Waals surface area contributed by atoms with E-state index in [-0.39, 0.29) is 36.1 Å². The second kappa shape index (κ2) is 12.7. The lowest BCUT2D eigenvalue weighted by molar-refractivity contribution is -0.125. The first-order chi connectivity index (χ1) is 21.0. The number of likely N-dealkylation sites (tertiary alicyclic amines) is 1. The van der Waals surface area contributed by atoms with Crippen molar-refractivity contribution in [2.45, 2.75) is 97.1 Å². The van der Waals surface area contributed by atoms with Crippen molar-refractivity contribution in [2.24, 2.45) is 0 Å². The van der Waals surface area contributed by atoms with Crippen molar-refractivity contribution < 1.29 is 14.0 Å². The molecule has 0 saturated carbocycles. The summed E-state index contributed by atoms with van der Waals surface area (Å²) in [5.41, 5.74) is 7.65. The zero-order valence-electron chi connectivity index (χ0n) is 26.7. The summed E-state index contributed by atoms with van der Waals surface area (Å²) in [5.74, 6) is 0.683. The van der Waals surface area contributed by atoms with E-state index in [1.165, 1.54) is 28.7 Å². The third-order valence-corrected chi connectivity index (χ3v) is 9.92. The highest BCUT2D eigenvalue weighted by Crippen LogP contribution is 2.46. The third kappa shape index (κ3) is 6.49. The van der Waals surface area contributed by atoms with E-state index in [9.17, 15) is 9.59 Å². The number of rotatable bonds is 7. The summed E-state index contributed by atoms with van der Waals surface area (Å²) >= 11 is 0. The molecule has 2 heterocycles. The van der Waals surface area contributed by atoms with Crippen molar-refractivity contribution in [1.29, 1.82) is 0 Å². The molecule has 5 heteroatoms. The van der Waals surface area contributed by atoms with E-state index in [4.69, 9.17) is 4.42 Å². The fourth-order valence-electron chi connectivity index (χ4n) is 7.05. The summed E-state index contributed by atoms with van der Waals surface area (Å²) in [6.45, 7) is 12.1. The fraction of sp³-hybridized carbons (Fsp3) is 0.400. The van der Waals surface area contributed by atoms with Crippen LogP contribution >= 0.6 is 0 Å². The normalized spacial score (nSPS) is 18.3. The molecule has 2 amide bonds. The lowest BCUT2D eigenvalue weighted by Crippen LogP contribution is -2.47. The van der Waals surface area contributed by atoms with Gasteiger partial charge >= 0.3 is 0 Å². The van der Waals surface area contributed by atoms with Crippen LogP contribution in [-0.4, -0.2) is 29.3 Å². The average Bonchev–Trinajstić information content (AvgIpc) is 3.70. The SMILES string of the molecule is C.Cc1cc2c(cc1Cc1ccc(C(=O)N3CCCC3C(=O)NC(c3ccccc3)c3ccccc3)o1)C(C)(C)CCC2(C)C. The highest BCUT2D eigenvalue weighted by molar-refractivity contribution is 5.96. The monoisotopic (exact) mass is 604 g/mol. The molecule has 1 aliphatic carbocycles. The predicted octanol–water partition coefficient (Wildman–Crippen LogP) is 8.67. The maximum Gasteiger partial charge on any atom is 0.290 e. The van der Waals surface area contributed by atoms with Crippen LogP contribution in [0.25, 0.3) is 0 Å². The molecule has 1 unspecified atom stereocenters. The second-order valence-corrected chi connectivity index (χ2v) is 14.0. The van der Waals surface area contributed by atoms with Crippen LogP contribution in [0.15, 0.2) is 89.3 Å². The summed E-state index contributed by atoms with van der Waals surface area (Å²) in [4.78, 5) is 29.1. The molecule has 1 aliphatic heterocycles. The topological polar surface area (TPSA) is 62.6 Å². The van der Waals surface area contributed by atoms with E-state index < -0.39 is 6.04 Å². The average molecular weight is 605 g/mol. The van der Waals surface area contributed by atoms with Gasteiger partial charge in [0.25, 0.3) is 5.91 Å². The van der Waals surface area contributed by atoms with Gasteiger partial charge in [0.05, 0.1) is 6.04 Å². The summed E-state index contributed by atoms with van der Waals surface area (Å²) in [6.07, 6.45) is 4.38. The van der Waals surface area contributed by atoms with E-state index in [1.54, 1.807) is 11.0 Å². The predicted molar refractivity (Wildman–Crippen MR) is 182 cm³/mol. The number of nitrogens with zero attached hydrogens (tertiary/aromatic N) is 1. The summed E-state index contributed by atoms with van der Waals surface area (Å²) in [6, 6.07) is 27.5. The minimum atomic E-state index is -0.542. The lowest BCUT2D eigenvalue weighted by atomic mass is 9.62. The number of hydrogen-bond acceptors (Lipinski definition) is 3. The van der Waals surface area contributed by atoms with Crippen molar-refractivity contribution in [2.75, 3.05) is 6.54 Å². The third-order valence-electron chi connectivity index (χ3n) is 9.92. The van der Waals surface area contributed by atoms with Crippen LogP contribution in [0.2, 0.25) is 0 Å². The molecule has 4 aromatic rings. The van der Waals surface area contributed by atoms with E-state index in [2.05, 4.69) is 52.1 Å². The van der Waals surface area contributed by atoms with Crippen molar-refractivity contribution >= 4 is 11.8 Å². The molecule has 6 rings (SSSR count). The number of benzene rings is 3. The Balaban J connectivity index is 0.00000400. The number of furan rings is 1. The van der Waals surface area contributed by atoms with E-state index in [0.29, 0.717) is 25.1 Å². The van der Waals surface area contributed by atoms with Crippen molar-refractivity contribution in [3.63, 3.8) is 0 Å². The van der Waals surface area contributed by atoms with Crippen LogP contribution in [0.5, 0.6) is 0 Å². The molecular weight excluding hydrogens is 556 g/mol. The number of amides is 2. The molecule has 1 saturated heterocycles. The Morgan fingerprint density at radius 2 is 1.44 bits per heavy atom. The molecule has 1 aromatic heterocycles. The molecular formula is C40H48N2O3. The zero-order chi connectivity index (χ0) is 31.1. The smallest absolute Gasteiger partial charge is 0.290 e. The van der Waals surface area contributed by atoms with Crippen LogP contribution in [0.1, 0.15) is 117 Å². The fourth-order valence-corrected chi connectivity index (χ4v) is 7.05. The molecule has 3 aromatic carbocycles. The highest BCUT2D eigenvalue weighted by Gasteiger charge is 2.38. The van der Waals surface area contributed by atoms with Crippen molar-refractivity contribution in [3.05, 3.63) is 130 Å². The van der Waals surface area contributed by atoms with Gasteiger partial charge in [0.1, 0.15) is 11.8 Å². The van der Waals surface area contributed by atoms with Gasteiger partial charge in [-0.25, -0.2) is 0 Å². The molecule has 0 radical (unpaired) electrons. The van der Waals surface area contributed by atoms with Crippen LogP contribution < -0.4 is 5.32 Å². The number of aryl methyl sites for hydroxylation is 1. The van der Waals surface area contributed by atoms with Gasteiger partial charge in [-0.1, -0.05) is 108 Å². The van der Waals surface area contributed by atoms with Gasteiger partial charge in [-0.3, -0.25) is 9.59 Å². The highest BCUT2D eigenvalue weighted by atomic mass is 16.4. The molecule has 45 heavy (non-hydrogen) atoms. The Morgan fingerprint density at radius 1 is 0.867 bits per heavy atom. The number of nitrogens with one attached hydrogen (secondary N) is 1. The number of fused-ring (bicyclic) bond motifs is 1. The quantitative estimate of drug-likeness (QED) is 0.230.